The van der Waals surface area contributed by atoms with Gasteiger partial charge in [-0.3, -0.25) is 0 Å². The van der Waals surface area contributed by atoms with Crippen LogP contribution in [0.3, 0.4) is 0 Å². The van der Waals surface area contributed by atoms with Crippen LogP contribution in [0.25, 0.3) is 5.69 Å². The third-order valence-electron chi connectivity index (χ3n) is 3.60. The van der Waals surface area contributed by atoms with Gasteiger partial charge < -0.3 is 5.32 Å². The second-order valence-electron chi connectivity index (χ2n) is 4.90. The Kier molecular flexibility index (Phi) is 3.37. The van der Waals surface area contributed by atoms with Gasteiger partial charge in [-0.25, -0.2) is 9.67 Å². The van der Waals surface area contributed by atoms with E-state index in [0.717, 1.165) is 11.6 Å². The monoisotopic (exact) mass is 242 g/mol. The van der Waals surface area contributed by atoms with Gasteiger partial charge in [0.25, 0.3) is 0 Å². The lowest BCUT2D eigenvalue weighted by molar-refractivity contribution is 0.372. The van der Waals surface area contributed by atoms with E-state index < -0.39 is 0 Å². The summed E-state index contributed by atoms with van der Waals surface area (Å²) in [6, 6.07) is 8.65. The number of benzene rings is 1. The Hall–Kier alpha value is -1.68. The molecule has 0 unspecified atom stereocenters. The molecule has 2 aromatic rings. The van der Waals surface area contributed by atoms with Crippen LogP contribution in [0.1, 0.15) is 18.4 Å². The minimum atomic E-state index is 0.837. The molecule has 0 spiro atoms. The Morgan fingerprint density at radius 2 is 1.94 bits per heavy atom. The highest BCUT2D eigenvalue weighted by Crippen LogP contribution is 2.18. The van der Waals surface area contributed by atoms with Crippen molar-refractivity contribution in [2.24, 2.45) is 5.92 Å². The maximum Gasteiger partial charge on any atom is 0.138 e. The third-order valence-corrected chi connectivity index (χ3v) is 3.60. The van der Waals surface area contributed by atoms with Crippen LogP contribution in [0.4, 0.5) is 0 Å². The van der Waals surface area contributed by atoms with E-state index >= 15 is 0 Å². The van der Waals surface area contributed by atoms with E-state index in [9.17, 15) is 0 Å². The Morgan fingerprint density at radius 1 is 1.17 bits per heavy atom. The lowest BCUT2D eigenvalue weighted by atomic mass is 9.91. The first-order valence-electron chi connectivity index (χ1n) is 6.56. The molecule has 18 heavy (non-hydrogen) atoms. The maximum absolute atomic E-state index is 4.13. The van der Waals surface area contributed by atoms with Crippen molar-refractivity contribution in [3.05, 3.63) is 42.5 Å². The topological polar surface area (TPSA) is 42.7 Å². The van der Waals surface area contributed by atoms with Crippen LogP contribution in [0.5, 0.6) is 0 Å². The molecule has 3 rings (SSSR count). The molecule has 94 valence electrons. The van der Waals surface area contributed by atoms with Crippen molar-refractivity contribution in [2.45, 2.75) is 19.3 Å². The van der Waals surface area contributed by atoms with E-state index in [4.69, 9.17) is 0 Å². The van der Waals surface area contributed by atoms with E-state index in [1.165, 1.54) is 37.9 Å². The van der Waals surface area contributed by atoms with Crippen molar-refractivity contribution in [1.82, 2.24) is 20.1 Å². The van der Waals surface area contributed by atoms with Gasteiger partial charge in [0.15, 0.2) is 0 Å². The van der Waals surface area contributed by atoms with E-state index in [2.05, 4.69) is 39.7 Å². The average molecular weight is 242 g/mol. The van der Waals surface area contributed by atoms with Crippen molar-refractivity contribution in [3.8, 4) is 5.69 Å². The van der Waals surface area contributed by atoms with E-state index in [1.807, 2.05) is 0 Å². The molecule has 1 aliphatic heterocycles. The van der Waals surface area contributed by atoms with Gasteiger partial charge in [0.05, 0.1) is 5.69 Å². The molecule has 0 saturated carbocycles. The lowest BCUT2D eigenvalue weighted by Crippen LogP contribution is -2.28. The van der Waals surface area contributed by atoms with Crippen molar-refractivity contribution < 1.29 is 0 Å². The summed E-state index contributed by atoms with van der Waals surface area (Å²) in [7, 11) is 0. The summed E-state index contributed by atoms with van der Waals surface area (Å²) in [5.74, 6) is 0.837. The van der Waals surface area contributed by atoms with E-state index in [0.29, 0.717) is 0 Å². The quantitative estimate of drug-likeness (QED) is 0.892. The molecule has 0 aliphatic carbocycles. The Morgan fingerprint density at radius 3 is 2.61 bits per heavy atom. The Labute approximate surface area is 107 Å². The largest absolute Gasteiger partial charge is 0.317 e. The molecule has 4 heteroatoms. The van der Waals surface area contributed by atoms with Gasteiger partial charge in [0.1, 0.15) is 12.7 Å². The Bertz CT molecular complexity index is 469. The predicted molar refractivity (Wildman–Crippen MR) is 70.7 cm³/mol. The van der Waals surface area contributed by atoms with Crippen LogP contribution in [-0.2, 0) is 6.42 Å². The second kappa shape index (κ2) is 5.31. The minimum absolute atomic E-state index is 0.837. The molecular formula is C14H18N4. The summed E-state index contributed by atoms with van der Waals surface area (Å²) in [4.78, 5) is 3.96. The molecule has 1 aliphatic rings. The third kappa shape index (κ3) is 2.59. The zero-order valence-electron chi connectivity index (χ0n) is 10.4. The first-order chi connectivity index (χ1) is 8.92. The van der Waals surface area contributed by atoms with Gasteiger partial charge in [-0.15, -0.1) is 0 Å². The molecule has 1 aromatic heterocycles. The molecule has 0 radical (unpaired) electrons. The molecule has 1 aromatic carbocycles. The van der Waals surface area contributed by atoms with Crippen LogP contribution in [0.15, 0.2) is 36.9 Å². The van der Waals surface area contributed by atoms with Gasteiger partial charge in [-0.05, 0) is 56.0 Å². The second-order valence-corrected chi connectivity index (χ2v) is 4.90. The zero-order valence-corrected chi connectivity index (χ0v) is 10.4. The summed E-state index contributed by atoms with van der Waals surface area (Å²) in [6.07, 6.45) is 7.07. The highest BCUT2D eigenvalue weighted by molar-refractivity contribution is 5.33. The highest BCUT2D eigenvalue weighted by Gasteiger charge is 2.13. The molecule has 0 atom stereocenters. The zero-order chi connectivity index (χ0) is 12.2. The number of aromatic nitrogens is 3. The standard InChI is InChI=1S/C14H18N4/c1-3-14(18-11-16-10-17-18)4-2-12(1)9-13-5-7-15-8-6-13/h1-4,10-11,13,15H,5-9H2. The molecule has 0 amide bonds. The van der Waals surface area contributed by atoms with Crippen molar-refractivity contribution in [3.63, 3.8) is 0 Å². The summed E-state index contributed by atoms with van der Waals surface area (Å²) in [6.45, 7) is 2.34. The Balaban J connectivity index is 1.67. The van der Waals surface area contributed by atoms with Gasteiger partial charge in [0.2, 0.25) is 0 Å². The fourth-order valence-electron chi connectivity index (χ4n) is 2.55. The number of rotatable bonds is 3. The number of hydrogen-bond acceptors (Lipinski definition) is 3. The van der Waals surface area contributed by atoms with Crippen LogP contribution < -0.4 is 5.32 Å². The van der Waals surface area contributed by atoms with Crippen LogP contribution in [-0.4, -0.2) is 27.9 Å². The van der Waals surface area contributed by atoms with Crippen LogP contribution >= 0.6 is 0 Å². The number of nitrogens with zero attached hydrogens (tertiary/aromatic N) is 3. The van der Waals surface area contributed by atoms with Gasteiger partial charge in [0, 0.05) is 0 Å². The van der Waals surface area contributed by atoms with Gasteiger partial charge in [-0.1, -0.05) is 12.1 Å². The minimum Gasteiger partial charge on any atom is -0.317 e. The lowest BCUT2D eigenvalue weighted by Gasteiger charge is -2.22. The van der Waals surface area contributed by atoms with Gasteiger partial charge in [-0.2, -0.15) is 5.10 Å². The smallest absolute Gasteiger partial charge is 0.138 e. The van der Waals surface area contributed by atoms with Crippen LogP contribution in [0, 0.1) is 5.92 Å². The van der Waals surface area contributed by atoms with Gasteiger partial charge >= 0.3 is 0 Å². The van der Waals surface area contributed by atoms with E-state index in [1.54, 1.807) is 17.3 Å². The number of piperidine rings is 1. The fourth-order valence-corrected chi connectivity index (χ4v) is 2.55. The highest BCUT2D eigenvalue weighted by atomic mass is 15.3. The van der Waals surface area contributed by atoms with Crippen molar-refractivity contribution in [2.75, 3.05) is 13.1 Å². The summed E-state index contributed by atoms with van der Waals surface area (Å²) in [5.41, 5.74) is 2.49. The van der Waals surface area contributed by atoms with E-state index in [-0.39, 0.29) is 0 Å². The average Bonchev–Trinajstić information content (AvgIpc) is 2.95. The normalized spacial score (nSPS) is 16.9. The molecular weight excluding hydrogens is 224 g/mol. The molecule has 2 heterocycles. The maximum atomic E-state index is 4.13. The van der Waals surface area contributed by atoms with Crippen molar-refractivity contribution in [1.29, 1.82) is 0 Å². The summed E-state index contributed by atoms with van der Waals surface area (Å²) < 4.78 is 1.79. The molecule has 1 fully saturated rings. The number of nitrogens with one attached hydrogen (secondary N) is 1. The molecule has 0 bridgehead atoms. The van der Waals surface area contributed by atoms with Crippen LogP contribution in [0.2, 0.25) is 0 Å². The number of hydrogen-bond donors (Lipinski definition) is 1. The molecule has 1 saturated heterocycles. The molecule has 4 nitrogen and oxygen atoms in total. The predicted octanol–water partition coefficient (Wildman–Crippen LogP) is 1.81. The summed E-state index contributed by atoms with van der Waals surface area (Å²) in [5, 5.41) is 7.54. The first kappa shape index (κ1) is 11.4. The fraction of sp³-hybridized carbons (Fsp3) is 0.429. The first-order valence-corrected chi connectivity index (χ1v) is 6.56. The SMILES string of the molecule is c1ncn(-c2ccc(CC3CCNCC3)cc2)n1. The van der Waals surface area contributed by atoms with Crippen molar-refractivity contribution >= 4 is 0 Å². The summed E-state index contributed by atoms with van der Waals surface area (Å²) >= 11 is 0. The molecule has 1 N–H and O–H groups in total.